The lowest BCUT2D eigenvalue weighted by atomic mass is 9.97. The molecule has 2 aliphatic heterocycles. The number of hydrogen-bond donors (Lipinski definition) is 2. The summed E-state index contributed by atoms with van der Waals surface area (Å²) in [7, 11) is 1.62. The average Bonchev–Trinajstić information content (AvgIpc) is 3.61. The Balaban J connectivity index is 1.31. The summed E-state index contributed by atoms with van der Waals surface area (Å²) in [5.74, 6) is -1.34. The Hall–Kier alpha value is -4.44. The van der Waals surface area contributed by atoms with Gasteiger partial charge in [-0.2, -0.15) is 10.1 Å². The number of aliphatic carboxylic acids is 1. The largest absolute Gasteiger partial charge is 0.497 e. The van der Waals surface area contributed by atoms with Crippen molar-refractivity contribution < 1.29 is 24.2 Å². The summed E-state index contributed by atoms with van der Waals surface area (Å²) in [6.45, 7) is 2.11. The molecule has 0 radical (unpaired) electrons. The second-order valence-corrected chi connectivity index (χ2v) is 11.3. The van der Waals surface area contributed by atoms with Crippen LogP contribution in [0.2, 0.25) is 0 Å². The summed E-state index contributed by atoms with van der Waals surface area (Å²) in [5.41, 5.74) is 4.85. The minimum absolute atomic E-state index is 0.143. The van der Waals surface area contributed by atoms with Gasteiger partial charge in [0.25, 0.3) is 5.91 Å². The number of nitrogens with one attached hydrogen (secondary N) is 1. The van der Waals surface area contributed by atoms with Gasteiger partial charge in [-0.15, -0.1) is 0 Å². The molecule has 42 heavy (non-hydrogen) atoms. The van der Waals surface area contributed by atoms with Gasteiger partial charge in [0, 0.05) is 19.3 Å². The lowest BCUT2D eigenvalue weighted by Crippen LogP contribution is -2.43. The maximum atomic E-state index is 12.9. The molecule has 3 atom stereocenters. The molecule has 3 unspecified atom stereocenters. The van der Waals surface area contributed by atoms with E-state index >= 15 is 0 Å². The van der Waals surface area contributed by atoms with Gasteiger partial charge in [-0.3, -0.25) is 9.59 Å². The van der Waals surface area contributed by atoms with Gasteiger partial charge in [0.05, 0.1) is 18.9 Å². The molecule has 3 aromatic carbocycles. The molecule has 0 bridgehead atoms. The van der Waals surface area contributed by atoms with Crippen LogP contribution in [0.4, 0.5) is 0 Å². The van der Waals surface area contributed by atoms with E-state index in [-0.39, 0.29) is 18.9 Å². The van der Waals surface area contributed by atoms with Crippen molar-refractivity contribution in [2.45, 2.75) is 49.9 Å². The number of benzene rings is 3. The highest BCUT2D eigenvalue weighted by Crippen LogP contribution is 2.38. The molecule has 0 aromatic heterocycles. The predicted molar refractivity (Wildman–Crippen MR) is 163 cm³/mol. The topological polar surface area (TPSA) is 121 Å². The van der Waals surface area contributed by atoms with Crippen LogP contribution in [0.25, 0.3) is 0 Å². The highest BCUT2D eigenvalue weighted by atomic mass is 32.2. The summed E-state index contributed by atoms with van der Waals surface area (Å²) < 4.78 is 5.29. The zero-order chi connectivity index (χ0) is 29.6. The number of nitrogens with zero attached hydrogens (tertiary/aromatic N) is 3. The van der Waals surface area contributed by atoms with Crippen LogP contribution in [0.1, 0.15) is 48.1 Å². The molecule has 9 nitrogen and oxygen atoms in total. The molecular weight excluding hydrogens is 552 g/mol. The van der Waals surface area contributed by atoms with Crippen LogP contribution in [-0.4, -0.2) is 57.2 Å². The average molecular weight is 585 g/mol. The standard InChI is InChI=1S/C32H32N4O5S/c1-3-20-9-11-23(12-10-20)27-18-25(22-13-15-24(41-2)16-14-22)35-36(27)32-34-30(38)28(42-32)19-29(37)33-26(31(39)40)17-21-7-5-4-6-8-21/h4-16,26-28H,3,17-19H2,1-2H3,(H,33,37)(H,39,40). The minimum atomic E-state index is -1.14. The molecule has 216 valence electrons. The lowest BCUT2D eigenvalue weighted by Gasteiger charge is -2.23. The predicted octanol–water partition coefficient (Wildman–Crippen LogP) is 4.61. The van der Waals surface area contributed by atoms with E-state index in [1.807, 2.05) is 54.6 Å². The number of aryl methyl sites for hydroxylation is 1. The van der Waals surface area contributed by atoms with Gasteiger partial charge in [-0.05, 0) is 52.9 Å². The maximum absolute atomic E-state index is 12.9. The summed E-state index contributed by atoms with van der Waals surface area (Å²) in [4.78, 5) is 41.9. The van der Waals surface area contributed by atoms with Gasteiger partial charge in [0.2, 0.25) is 5.91 Å². The Kier molecular flexibility index (Phi) is 9.02. The number of carboxylic acid groups (broad SMARTS) is 1. The first-order valence-corrected chi connectivity index (χ1v) is 14.7. The number of methoxy groups -OCH3 is 1. The molecule has 5 rings (SSSR count). The van der Waals surface area contributed by atoms with Gasteiger partial charge in [-0.1, -0.05) is 73.3 Å². The number of hydrogen-bond acceptors (Lipinski definition) is 7. The number of amidine groups is 1. The van der Waals surface area contributed by atoms with E-state index in [0.717, 1.165) is 34.6 Å². The normalized spacial score (nSPS) is 18.8. The molecule has 0 saturated carbocycles. The summed E-state index contributed by atoms with van der Waals surface area (Å²) in [6.07, 6.45) is 1.49. The molecule has 0 fully saturated rings. The Bertz CT molecular complexity index is 1510. The first-order chi connectivity index (χ1) is 20.3. The molecule has 0 aliphatic carbocycles. The maximum Gasteiger partial charge on any atom is 0.326 e. The number of aliphatic imine (C=N–C) groups is 1. The number of thioether (sulfide) groups is 1. The van der Waals surface area contributed by atoms with Crippen LogP contribution in [0.5, 0.6) is 5.75 Å². The van der Waals surface area contributed by atoms with E-state index in [1.165, 1.54) is 17.3 Å². The second kappa shape index (κ2) is 13.0. The fraction of sp³-hybridized carbons (Fsp3) is 0.281. The number of rotatable bonds is 10. The van der Waals surface area contributed by atoms with Gasteiger partial charge in [0.1, 0.15) is 17.0 Å². The van der Waals surface area contributed by atoms with Gasteiger partial charge in [-0.25, -0.2) is 9.80 Å². The molecule has 2 N–H and O–H groups in total. The Labute approximate surface area is 248 Å². The first kappa shape index (κ1) is 29.1. The first-order valence-electron chi connectivity index (χ1n) is 13.8. The number of carboxylic acids is 1. The highest BCUT2D eigenvalue weighted by Gasteiger charge is 2.39. The number of carbonyl (C=O) groups is 3. The van der Waals surface area contributed by atoms with Gasteiger partial charge < -0.3 is 15.2 Å². The lowest BCUT2D eigenvalue weighted by molar-refractivity contribution is -0.141. The van der Waals surface area contributed by atoms with Crippen molar-refractivity contribution in [3.8, 4) is 5.75 Å². The zero-order valence-corrected chi connectivity index (χ0v) is 24.2. The second-order valence-electron chi connectivity index (χ2n) is 10.1. The third kappa shape index (κ3) is 6.71. The molecule has 2 amide bonds. The van der Waals surface area contributed by atoms with Gasteiger partial charge in [0.15, 0.2) is 5.17 Å². The van der Waals surface area contributed by atoms with E-state index in [1.54, 1.807) is 12.1 Å². The van der Waals surface area contributed by atoms with Crippen molar-refractivity contribution in [2.75, 3.05) is 7.11 Å². The summed E-state index contributed by atoms with van der Waals surface area (Å²) in [6, 6.07) is 23.8. The zero-order valence-electron chi connectivity index (χ0n) is 23.4. The molecule has 3 aromatic rings. The fourth-order valence-corrected chi connectivity index (χ4v) is 6.02. The number of ether oxygens (including phenoxy) is 1. The van der Waals surface area contributed by atoms with Crippen LogP contribution in [0.15, 0.2) is 89.0 Å². The quantitative estimate of drug-likeness (QED) is 0.357. The van der Waals surface area contributed by atoms with E-state index in [9.17, 15) is 19.5 Å². The molecule has 0 saturated heterocycles. The van der Waals surface area contributed by atoms with Crippen LogP contribution in [-0.2, 0) is 27.2 Å². The van der Waals surface area contributed by atoms with Crippen molar-refractivity contribution in [1.29, 1.82) is 0 Å². The SMILES string of the molecule is CCc1ccc(C2CC(c3ccc(OC)cc3)=NN2C2=NC(=O)C(CC(=O)NC(Cc3ccccc3)C(=O)O)S2)cc1. The van der Waals surface area contributed by atoms with Crippen LogP contribution in [0.3, 0.4) is 0 Å². The Morgan fingerprint density at radius 3 is 2.40 bits per heavy atom. The molecule has 2 aliphatic rings. The summed E-state index contributed by atoms with van der Waals surface area (Å²) >= 11 is 1.18. The van der Waals surface area contributed by atoms with Crippen molar-refractivity contribution in [3.63, 3.8) is 0 Å². The Morgan fingerprint density at radius 1 is 1.05 bits per heavy atom. The van der Waals surface area contributed by atoms with Crippen molar-refractivity contribution in [3.05, 3.63) is 101 Å². The van der Waals surface area contributed by atoms with E-state index in [4.69, 9.17) is 9.84 Å². The highest BCUT2D eigenvalue weighted by molar-refractivity contribution is 8.15. The molecule has 10 heteroatoms. The minimum Gasteiger partial charge on any atom is -0.497 e. The van der Waals surface area contributed by atoms with Crippen LogP contribution >= 0.6 is 11.8 Å². The van der Waals surface area contributed by atoms with Crippen molar-refractivity contribution >= 4 is 40.4 Å². The number of carbonyl (C=O) groups excluding carboxylic acids is 2. The number of amides is 2. The van der Waals surface area contributed by atoms with E-state index in [2.05, 4.69) is 41.5 Å². The third-order valence-electron chi connectivity index (χ3n) is 7.32. The smallest absolute Gasteiger partial charge is 0.326 e. The van der Waals surface area contributed by atoms with Crippen LogP contribution < -0.4 is 10.1 Å². The molecule has 0 spiro atoms. The molecular formula is C32H32N4O5S. The fourth-order valence-electron chi connectivity index (χ4n) is 4.96. The van der Waals surface area contributed by atoms with E-state index in [0.29, 0.717) is 11.6 Å². The Morgan fingerprint density at radius 2 is 1.76 bits per heavy atom. The summed E-state index contributed by atoms with van der Waals surface area (Å²) in [5, 5.41) is 18.6. The monoisotopic (exact) mass is 584 g/mol. The van der Waals surface area contributed by atoms with Crippen molar-refractivity contribution in [2.24, 2.45) is 10.1 Å². The molecule has 2 heterocycles. The van der Waals surface area contributed by atoms with Crippen molar-refractivity contribution in [1.82, 2.24) is 10.3 Å². The van der Waals surface area contributed by atoms with Crippen LogP contribution in [0, 0.1) is 0 Å². The number of hydrazone groups is 1. The van der Waals surface area contributed by atoms with Gasteiger partial charge >= 0.3 is 5.97 Å². The third-order valence-corrected chi connectivity index (χ3v) is 8.46. The van der Waals surface area contributed by atoms with E-state index < -0.39 is 29.1 Å².